The Kier molecular flexibility index (Phi) is 5.76. The van der Waals surface area contributed by atoms with Crippen molar-refractivity contribution in [3.8, 4) is 0 Å². The van der Waals surface area contributed by atoms with Gasteiger partial charge in [-0.15, -0.1) is 0 Å². The third-order valence-corrected chi connectivity index (χ3v) is 2.80. The van der Waals surface area contributed by atoms with Crippen LogP contribution in [0.15, 0.2) is 12.3 Å². The van der Waals surface area contributed by atoms with Crippen LogP contribution in [0.5, 0.6) is 0 Å². The van der Waals surface area contributed by atoms with Crippen LogP contribution in [0.1, 0.15) is 44.5 Å². The molecule has 0 aromatic carbocycles. The first-order valence-corrected chi connectivity index (χ1v) is 6.69. The summed E-state index contributed by atoms with van der Waals surface area (Å²) in [6.45, 7) is 14.0. The molecule has 0 amide bonds. The first-order valence-electron chi connectivity index (χ1n) is 6.69. The third-order valence-electron chi connectivity index (χ3n) is 2.80. The van der Waals surface area contributed by atoms with E-state index in [0.717, 1.165) is 26.3 Å². The second kappa shape index (κ2) is 6.86. The first kappa shape index (κ1) is 15.1. The van der Waals surface area contributed by atoms with Crippen LogP contribution in [0.3, 0.4) is 0 Å². The van der Waals surface area contributed by atoms with E-state index in [1.807, 2.05) is 13.1 Å². The maximum atomic E-state index is 5.28. The molecule has 102 valence electrons. The first-order chi connectivity index (χ1) is 8.45. The fourth-order valence-electron chi connectivity index (χ4n) is 2.04. The molecule has 0 atom stereocenters. The number of nitrogens with one attached hydrogen (secondary N) is 1. The van der Waals surface area contributed by atoms with Gasteiger partial charge < -0.3 is 10.1 Å². The van der Waals surface area contributed by atoms with Gasteiger partial charge >= 0.3 is 0 Å². The van der Waals surface area contributed by atoms with E-state index in [4.69, 9.17) is 4.74 Å². The van der Waals surface area contributed by atoms with E-state index in [0.29, 0.717) is 0 Å². The highest BCUT2D eigenvalue weighted by Crippen LogP contribution is 2.23. The molecule has 3 nitrogen and oxygen atoms in total. The Balaban J connectivity index is 2.52. The third kappa shape index (κ3) is 4.75. The number of hydrogen-bond acceptors (Lipinski definition) is 3. The van der Waals surface area contributed by atoms with E-state index in [-0.39, 0.29) is 5.41 Å². The number of aromatic nitrogens is 1. The Hall–Kier alpha value is -0.930. The van der Waals surface area contributed by atoms with Gasteiger partial charge in [-0.3, -0.25) is 4.98 Å². The highest BCUT2D eigenvalue weighted by Gasteiger charge is 2.17. The number of rotatable bonds is 6. The molecule has 0 aliphatic heterocycles. The highest BCUT2D eigenvalue weighted by atomic mass is 16.5. The molecule has 0 saturated carbocycles. The standard InChI is InChI=1S/C15H26N2O/c1-6-18-8-7-16-10-13-9-12(2)14(17-11-13)15(3,4)5/h9,11,16H,6-8,10H2,1-5H3. The van der Waals surface area contributed by atoms with Crippen molar-refractivity contribution in [3.63, 3.8) is 0 Å². The maximum Gasteiger partial charge on any atom is 0.0590 e. The lowest BCUT2D eigenvalue weighted by molar-refractivity contribution is 0.149. The predicted octanol–water partition coefficient (Wildman–Crippen LogP) is 2.81. The van der Waals surface area contributed by atoms with E-state index in [1.54, 1.807) is 0 Å². The number of nitrogens with zero attached hydrogens (tertiary/aromatic N) is 1. The Morgan fingerprint density at radius 1 is 1.33 bits per heavy atom. The molecule has 0 radical (unpaired) electrons. The van der Waals surface area contributed by atoms with Crippen molar-refractivity contribution < 1.29 is 4.74 Å². The van der Waals surface area contributed by atoms with Gasteiger partial charge in [0.05, 0.1) is 6.61 Å². The average Bonchev–Trinajstić information content (AvgIpc) is 2.27. The summed E-state index contributed by atoms with van der Waals surface area (Å²) in [4.78, 5) is 4.59. The lowest BCUT2D eigenvalue weighted by Crippen LogP contribution is -2.20. The Morgan fingerprint density at radius 3 is 2.61 bits per heavy atom. The minimum atomic E-state index is 0.116. The van der Waals surface area contributed by atoms with Gasteiger partial charge in [-0.2, -0.15) is 0 Å². The molecule has 0 bridgehead atoms. The summed E-state index contributed by atoms with van der Waals surface area (Å²) in [5.74, 6) is 0. The van der Waals surface area contributed by atoms with Crippen LogP contribution in [-0.2, 0) is 16.7 Å². The van der Waals surface area contributed by atoms with Crippen LogP contribution >= 0.6 is 0 Å². The minimum absolute atomic E-state index is 0.116. The van der Waals surface area contributed by atoms with Crippen molar-refractivity contribution in [1.82, 2.24) is 10.3 Å². The molecule has 0 spiro atoms. The van der Waals surface area contributed by atoms with E-state index >= 15 is 0 Å². The van der Waals surface area contributed by atoms with Gasteiger partial charge in [0.2, 0.25) is 0 Å². The quantitative estimate of drug-likeness (QED) is 0.788. The number of aryl methyl sites for hydroxylation is 1. The van der Waals surface area contributed by atoms with E-state index in [2.05, 4.69) is 44.1 Å². The second-order valence-corrected chi connectivity index (χ2v) is 5.63. The molecule has 18 heavy (non-hydrogen) atoms. The SMILES string of the molecule is CCOCCNCc1cnc(C(C)(C)C)c(C)c1. The molecule has 0 fully saturated rings. The summed E-state index contributed by atoms with van der Waals surface area (Å²) < 4.78 is 5.28. The van der Waals surface area contributed by atoms with Gasteiger partial charge in [-0.05, 0) is 25.0 Å². The molecule has 0 aliphatic carbocycles. The van der Waals surface area contributed by atoms with Crippen molar-refractivity contribution in [2.45, 2.75) is 46.6 Å². The summed E-state index contributed by atoms with van der Waals surface area (Å²) >= 11 is 0. The van der Waals surface area contributed by atoms with E-state index < -0.39 is 0 Å². The molecular weight excluding hydrogens is 224 g/mol. The van der Waals surface area contributed by atoms with E-state index in [1.165, 1.54) is 16.8 Å². The summed E-state index contributed by atoms with van der Waals surface area (Å²) in [6, 6.07) is 2.22. The summed E-state index contributed by atoms with van der Waals surface area (Å²) in [5, 5.41) is 3.36. The van der Waals surface area contributed by atoms with Crippen LogP contribution in [0, 0.1) is 6.92 Å². The Labute approximate surface area is 111 Å². The zero-order valence-corrected chi connectivity index (χ0v) is 12.3. The monoisotopic (exact) mass is 250 g/mol. The van der Waals surface area contributed by atoms with Gasteiger partial charge in [0, 0.05) is 37.0 Å². The van der Waals surface area contributed by atoms with Crippen LogP contribution in [0.25, 0.3) is 0 Å². The van der Waals surface area contributed by atoms with Gasteiger partial charge in [0.15, 0.2) is 0 Å². The number of ether oxygens (including phenoxy) is 1. The second-order valence-electron chi connectivity index (χ2n) is 5.63. The van der Waals surface area contributed by atoms with Gasteiger partial charge in [-0.1, -0.05) is 26.8 Å². The maximum absolute atomic E-state index is 5.28. The number of pyridine rings is 1. The van der Waals surface area contributed by atoms with E-state index in [9.17, 15) is 0 Å². The van der Waals surface area contributed by atoms with Crippen LogP contribution in [-0.4, -0.2) is 24.7 Å². The molecule has 1 N–H and O–H groups in total. The fourth-order valence-corrected chi connectivity index (χ4v) is 2.04. The average molecular weight is 250 g/mol. The Bertz CT molecular complexity index is 369. The minimum Gasteiger partial charge on any atom is -0.380 e. The lowest BCUT2D eigenvalue weighted by Gasteiger charge is -2.20. The fraction of sp³-hybridized carbons (Fsp3) is 0.667. The van der Waals surface area contributed by atoms with Crippen molar-refractivity contribution in [3.05, 3.63) is 29.1 Å². The van der Waals surface area contributed by atoms with Gasteiger partial charge in [0.1, 0.15) is 0 Å². The molecule has 1 heterocycles. The summed E-state index contributed by atoms with van der Waals surface area (Å²) in [7, 11) is 0. The smallest absolute Gasteiger partial charge is 0.0590 e. The molecule has 0 aliphatic rings. The topological polar surface area (TPSA) is 34.1 Å². The summed E-state index contributed by atoms with van der Waals surface area (Å²) in [5.41, 5.74) is 3.80. The van der Waals surface area contributed by atoms with Crippen molar-refractivity contribution in [2.75, 3.05) is 19.8 Å². The van der Waals surface area contributed by atoms with Crippen LogP contribution in [0.4, 0.5) is 0 Å². The molecule has 1 aromatic heterocycles. The predicted molar refractivity (Wildman–Crippen MR) is 75.9 cm³/mol. The normalized spacial score (nSPS) is 11.8. The van der Waals surface area contributed by atoms with Crippen LogP contribution < -0.4 is 5.32 Å². The van der Waals surface area contributed by atoms with Gasteiger partial charge in [0.25, 0.3) is 0 Å². The molecule has 1 aromatic rings. The van der Waals surface area contributed by atoms with Crippen molar-refractivity contribution in [2.24, 2.45) is 0 Å². The van der Waals surface area contributed by atoms with Crippen molar-refractivity contribution >= 4 is 0 Å². The molecule has 3 heteroatoms. The zero-order valence-electron chi connectivity index (χ0n) is 12.3. The van der Waals surface area contributed by atoms with Crippen molar-refractivity contribution in [1.29, 1.82) is 0 Å². The zero-order chi connectivity index (χ0) is 13.6. The molecule has 0 unspecified atom stereocenters. The van der Waals surface area contributed by atoms with Gasteiger partial charge in [-0.25, -0.2) is 0 Å². The molecule has 1 rings (SSSR count). The largest absolute Gasteiger partial charge is 0.380 e. The lowest BCUT2D eigenvalue weighted by atomic mass is 9.88. The van der Waals surface area contributed by atoms with Crippen LogP contribution in [0.2, 0.25) is 0 Å². The molecule has 0 saturated heterocycles. The Morgan fingerprint density at radius 2 is 2.06 bits per heavy atom. The number of hydrogen-bond donors (Lipinski definition) is 1. The molecular formula is C15H26N2O. The highest BCUT2D eigenvalue weighted by molar-refractivity contribution is 5.28. The summed E-state index contributed by atoms with van der Waals surface area (Å²) in [6.07, 6.45) is 1.97.